The van der Waals surface area contributed by atoms with Gasteiger partial charge in [-0.2, -0.15) is 5.10 Å². The van der Waals surface area contributed by atoms with E-state index in [1.165, 1.54) is 0 Å². The molecule has 1 aliphatic carbocycles. The summed E-state index contributed by atoms with van der Waals surface area (Å²) in [5, 5.41) is 4.05. The molecule has 0 atom stereocenters. The minimum absolute atomic E-state index is 0. The van der Waals surface area contributed by atoms with Crippen LogP contribution in [0.3, 0.4) is 0 Å². The summed E-state index contributed by atoms with van der Waals surface area (Å²) >= 11 is 0. The molecule has 1 aromatic heterocycles. The fourth-order valence-corrected chi connectivity index (χ4v) is 1.12. The Balaban J connectivity index is 0.000000605. The van der Waals surface area contributed by atoms with Gasteiger partial charge < -0.3 is 5.73 Å². The number of aromatic nitrogens is 3. The molecule has 4 nitrogen and oxygen atoms in total. The van der Waals surface area contributed by atoms with Crippen LogP contribution < -0.4 is 5.73 Å². The normalized spacial score (nSPS) is 19.0. The summed E-state index contributed by atoms with van der Waals surface area (Å²) < 4.78 is 1.87. The van der Waals surface area contributed by atoms with Gasteiger partial charge in [0.15, 0.2) is 0 Å². The van der Waals surface area contributed by atoms with Gasteiger partial charge in [0.1, 0.15) is 12.7 Å². The molecule has 0 amide bonds. The summed E-state index contributed by atoms with van der Waals surface area (Å²) in [5.41, 5.74) is 5.71. The van der Waals surface area contributed by atoms with Crippen LogP contribution in [0.15, 0.2) is 12.7 Å². The lowest BCUT2D eigenvalue weighted by atomic mass is 10.3. The molecule has 62 valence electrons. The second kappa shape index (κ2) is 2.79. The van der Waals surface area contributed by atoms with Gasteiger partial charge in [-0.1, -0.05) is 0 Å². The SMILES string of the molecule is Cl.NCC1(n2cncn2)CC1. The first-order valence-corrected chi connectivity index (χ1v) is 3.43. The van der Waals surface area contributed by atoms with Crippen molar-refractivity contribution in [3.63, 3.8) is 0 Å². The molecule has 0 spiro atoms. The number of nitrogens with two attached hydrogens (primary N) is 1. The average molecular weight is 175 g/mol. The third-order valence-corrected chi connectivity index (χ3v) is 2.11. The van der Waals surface area contributed by atoms with Crippen LogP contribution in [0.25, 0.3) is 0 Å². The molecule has 0 unspecified atom stereocenters. The van der Waals surface area contributed by atoms with Crippen molar-refractivity contribution in [2.45, 2.75) is 18.4 Å². The third-order valence-electron chi connectivity index (χ3n) is 2.11. The largest absolute Gasteiger partial charge is 0.328 e. The lowest BCUT2D eigenvalue weighted by Gasteiger charge is -2.10. The lowest BCUT2D eigenvalue weighted by molar-refractivity contribution is 0.440. The Morgan fingerprint density at radius 3 is 2.64 bits per heavy atom. The van der Waals surface area contributed by atoms with E-state index in [9.17, 15) is 0 Å². The highest BCUT2D eigenvalue weighted by molar-refractivity contribution is 5.85. The van der Waals surface area contributed by atoms with Crippen LogP contribution >= 0.6 is 12.4 Å². The zero-order chi connectivity index (χ0) is 7.03. The second-order valence-electron chi connectivity index (χ2n) is 2.77. The molecule has 2 rings (SSSR count). The molecular formula is C6H11ClN4. The standard InChI is InChI=1S/C6H10N4.ClH/c7-3-6(1-2-6)10-5-8-4-9-10;/h4-5H,1-3,7H2;1H. The summed E-state index contributed by atoms with van der Waals surface area (Å²) in [6.07, 6.45) is 5.58. The molecular weight excluding hydrogens is 164 g/mol. The van der Waals surface area contributed by atoms with E-state index in [-0.39, 0.29) is 17.9 Å². The van der Waals surface area contributed by atoms with E-state index in [1.54, 1.807) is 12.7 Å². The molecule has 5 heteroatoms. The highest BCUT2D eigenvalue weighted by Crippen LogP contribution is 2.41. The van der Waals surface area contributed by atoms with Gasteiger partial charge in [-0.05, 0) is 12.8 Å². The van der Waals surface area contributed by atoms with Crippen LogP contribution in [0.2, 0.25) is 0 Å². The molecule has 0 aliphatic heterocycles. The van der Waals surface area contributed by atoms with Gasteiger partial charge >= 0.3 is 0 Å². The number of halogens is 1. The topological polar surface area (TPSA) is 56.7 Å². The molecule has 1 heterocycles. The van der Waals surface area contributed by atoms with Crippen molar-refractivity contribution < 1.29 is 0 Å². The van der Waals surface area contributed by atoms with Gasteiger partial charge in [0.25, 0.3) is 0 Å². The Bertz CT molecular complexity index is 216. The van der Waals surface area contributed by atoms with Crippen LogP contribution in [0.4, 0.5) is 0 Å². The lowest BCUT2D eigenvalue weighted by Crippen LogP contribution is -2.27. The minimum Gasteiger partial charge on any atom is -0.328 e. The number of rotatable bonds is 2. The Labute approximate surface area is 71.2 Å². The summed E-state index contributed by atoms with van der Waals surface area (Å²) in [4.78, 5) is 3.87. The third kappa shape index (κ3) is 1.23. The molecule has 1 aliphatic rings. The number of hydrogen-bond donors (Lipinski definition) is 1. The van der Waals surface area contributed by atoms with Crippen molar-refractivity contribution in [3.8, 4) is 0 Å². The number of nitrogens with zero attached hydrogens (tertiary/aromatic N) is 3. The van der Waals surface area contributed by atoms with Crippen LogP contribution in [-0.2, 0) is 5.54 Å². The number of hydrogen-bond acceptors (Lipinski definition) is 3. The van der Waals surface area contributed by atoms with Crippen molar-refractivity contribution in [2.24, 2.45) is 5.73 Å². The van der Waals surface area contributed by atoms with E-state index >= 15 is 0 Å². The van der Waals surface area contributed by atoms with Crippen molar-refractivity contribution in [3.05, 3.63) is 12.7 Å². The molecule has 0 aromatic carbocycles. The minimum atomic E-state index is 0. The van der Waals surface area contributed by atoms with Crippen molar-refractivity contribution in [1.29, 1.82) is 0 Å². The molecule has 11 heavy (non-hydrogen) atoms. The molecule has 1 saturated carbocycles. The van der Waals surface area contributed by atoms with Crippen LogP contribution in [0.5, 0.6) is 0 Å². The maximum absolute atomic E-state index is 5.57. The highest BCUT2D eigenvalue weighted by Gasteiger charge is 2.44. The highest BCUT2D eigenvalue weighted by atomic mass is 35.5. The first-order chi connectivity index (χ1) is 4.87. The van der Waals surface area contributed by atoms with E-state index in [0.717, 1.165) is 12.8 Å². The Morgan fingerprint density at radius 2 is 2.27 bits per heavy atom. The Morgan fingerprint density at radius 1 is 1.55 bits per heavy atom. The van der Waals surface area contributed by atoms with E-state index in [2.05, 4.69) is 10.1 Å². The maximum Gasteiger partial charge on any atom is 0.137 e. The first kappa shape index (κ1) is 8.49. The zero-order valence-corrected chi connectivity index (χ0v) is 6.92. The predicted molar refractivity (Wildman–Crippen MR) is 43.5 cm³/mol. The predicted octanol–water partition coefficient (Wildman–Crippen LogP) is 0.148. The van der Waals surface area contributed by atoms with E-state index < -0.39 is 0 Å². The fraction of sp³-hybridized carbons (Fsp3) is 0.667. The summed E-state index contributed by atoms with van der Waals surface area (Å²) in [5.74, 6) is 0. The van der Waals surface area contributed by atoms with Crippen LogP contribution in [-0.4, -0.2) is 21.3 Å². The quantitative estimate of drug-likeness (QED) is 0.695. The smallest absolute Gasteiger partial charge is 0.137 e. The van der Waals surface area contributed by atoms with Crippen LogP contribution in [0, 0.1) is 0 Å². The van der Waals surface area contributed by atoms with Crippen LogP contribution in [0.1, 0.15) is 12.8 Å². The summed E-state index contributed by atoms with van der Waals surface area (Å²) in [6.45, 7) is 0.677. The first-order valence-electron chi connectivity index (χ1n) is 3.43. The molecule has 1 aromatic rings. The fourth-order valence-electron chi connectivity index (χ4n) is 1.12. The van der Waals surface area contributed by atoms with E-state index in [0.29, 0.717) is 6.54 Å². The Hall–Kier alpha value is -0.610. The molecule has 0 radical (unpaired) electrons. The Kier molecular flexibility index (Phi) is 2.15. The van der Waals surface area contributed by atoms with Gasteiger partial charge in [-0.25, -0.2) is 9.67 Å². The molecule has 1 fully saturated rings. The average Bonchev–Trinajstić information content (AvgIpc) is 2.58. The van der Waals surface area contributed by atoms with Crippen molar-refractivity contribution >= 4 is 12.4 Å². The zero-order valence-electron chi connectivity index (χ0n) is 6.10. The summed E-state index contributed by atoms with van der Waals surface area (Å²) in [7, 11) is 0. The second-order valence-corrected chi connectivity index (χ2v) is 2.77. The summed E-state index contributed by atoms with van der Waals surface area (Å²) in [6, 6.07) is 0. The van der Waals surface area contributed by atoms with Crippen molar-refractivity contribution in [2.75, 3.05) is 6.54 Å². The van der Waals surface area contributed by atoms with Gasteiger partial charge in [-0.15, -0.1) is 12.4 Å². The molecule has 0 bridgehead atoms. The van der Waals surface area contributed by atoms with Gasteiger partial charge in [0.05, 0.1) is 5.54 Å². The molecule has 2 N–H and O–H groups in total. The van der Waals surface area contributed by atoms with E-state index in [1.807, 2.05) is 4.68 Å². The van der Waals surface area contributed by atoms with Crippen molar-refractivity contribution in [1.82, 2.24) is 14.8 Å². The maximum atomic E-state index is 5.57. The monoisotopic (exact) mass is 174 g/mol. The van der Waals surface area contributed by atoms with E-state index in [4.69, 9.17) is 5.73 Å². The molecule has 0 saturated heterocycles. The van der Waals surface area contributed by atoms with Gasteiger partial charge in [0.2, 0.25) is 0 Å². The van der Waals surface area contributed by atoms with Gasteiger partial charge in [-0.3, -0.25) is 0 Å². The van der Waals surface area contributed by atoms with Gasteiger partial charge in [0, 0.05) is 6.54 Å².